The molecule has 1 heterocycles. The molecule has 110 valence electrons. The van der Waals surface area contributed by atoms with Gasteiger partial charge in [0.1, 0.15) is 0 Å². The second-order valence-electron chi connectivity index (χ2n) is 6.99. The van der Waals surface area contributed by atoms with Gasteiger partial charge in [0.15, 0.2) is 0 Å². The molecule has 3 nitrogen and oxygen atoms in total. The Labute approximate surface area is 121 Å². The number of benzene rings is 1. The third-order valence-corrected chi connectivity index (χ3v) is 4.41. The van der Waals surface area contributed by atoms with Crippen LogP contribution in [0.1, 0.15) is 43.4 Å². The lowest BCUT2D eigenvalue weighted by atomic mass is 9.86. The molecular formula is C17H25NO2. The van der Waals surface area contributed by atoms with Crippen LogP contribution in [0.5, 0.6) is 0 Å². The predicted molar refractivity (Wildman–Crippen MR) is 81.1 cm³/mol. The highest BCUT2D eigenvalue weighted by molar-refractivity contribution is 5.72. The fraction of sp³-hybridized carbons (Fsp3) is 0.588. The summed E-state index contributed by atoms with van der Waals surface area (Å²) in [6.07, 6.45) is 0. The first-order valence-corrected chi connectivity index (χ1v) is 7.25. The van der Waals surface area contributed by atoms with Gasteiger partial charge in [-0.2, -0.15) is 0 Å². The van der Waals surface area contributed by atoms with E-state index in [1.54, 1.807) is 0 Å². The van der Waals surface area contributed by atoms with E-state index in [1.807, 2.05) is 0 Å². The molecule has 2 atom stereocenters. The lowest BCUT2D eigenvalue weighted by molar-refractivity contribution is -0.141. The number of nitrogens with zero attached hydrogens (tertiary/aromatic N) is 1. The minimum atomic E-state index is -0.679. The Hall–Kier alpha value is -1.35. The van der Waals surface area contributed by atoms with Crippen LogP contribution in [0.15, 0.2) is 18.2 Å². The van der Waals surface area contributed by atoms with Gasteiger partial charge in [-0.3, -0.25) is 9.69 Å². The van der Waals surface area contributed by atoms with Crippen LogP contribution in [0.3, 0.4) is 0 Å². The fourth-order valence-corrected chi connectivity index (χ4v) is 3.16. The Morgan fingerprint density at radius 3 is 2.40 bits per heavy atom. The maximum Gasteiger partial charge on any atom is 0.308 e. The summed E-state index contributed by atoms with van der Waals surface area (Å²) < 4.78 is 0. The molecule has 0 saturated carbocycles. The van der Waals surface area contributed by atoms with Crippen LogP contribution in [0, 0.1) is 19.8 Å². The van der Waals surface area contributed by atoms with Crippen LogP contribution in [0.2, 0.25) is 0 Å². The average molecular weight is 275 g/mol. The molecule has 0 spiro atoms. The molecule has 1 saturated heterocycles. The first-order valence-electron chi connectivity index (χ1n) is 7.25. The van der Waals surface area contributed by atoms with Crippen molar-refractivity contribution in [2.75, 3.05) is 13.1 Å². The second kappa shape index (κ2) is 5.21. The van der Waals surface area contributed by atoms with Crippen molar-refractivity contribution in [3.8, 4) is 0 Å². The lowest BCUT2D eigenvalue weighted by Crippen LogP contribution is -2.40. The molecule has 0 aliphatic carbocycles. The zero-order valence-corrected chi connectivity index (χ0v) is 13.1. The summed E-state index contributed by atoms with van der Waals surface area (Å²) in [5, 5.41) is 9.55. The molecule has 20 heavy (non-hydrogen) atoms. The molecule has 2 rings (SSSR count). The predicted octanol–water partition coefficient (Wildman–Crippen LogP) is 3.20. The normalized spacial score (nSPS) is 24.1. The number of carbonyl (C=O) groups is 1. The number of aryl methyl sites for hydroxylation is 2. The summed E-state index contributed by atoms with van der Waals surface area (Å²) in [6, 6.07) is 6.34. The molecule has 1 N–H and O–H groups in total. The van der Waals surface area contributed by atoms with E-state index < -0.39 is 5.97 Å². The van der Waals surface area contributed by atoms with Crippen molar-refractivity contribution in [1.82, 2.24) is 4.90 Å². The number of likely N-dealkylation sites (tertiary alicyclic amines) is 1. The van der Waals surface area contributed by atoms with Gasteiger partial charge in [-0.15, -0.1) is 0 Å². The standard InChI is InChI=1S/C17H25NO2/c1-11-6-7-13(12(2)8-11)14-9-18(17(3,4)5)10-15(14)16(19)20/h6-8,14-15H,9-10H2,1-5H3,(H,19,20)/t14-,15+/m1/s1. The van der Waals surface area contributed by atoms with Crippen molar-refractivity contribution in [3.63, 3.8) is 0 Å². The van der Waals surface area contributed by atoms with Gasteiger partial charge in [-0.05, 0) is 45.7 Å². The van der Waals surface area contributed by atoms with Gasteiger partial charge < -0.3 is 5.11 Å². The Bertz CT molecular complexity index is 516. The van der Waals surface area contributed by atoms with Crippen LogP contribution in [0.4, 0.5) is 0 Å². The molecular weight excluding hydrogens is 250 g/mol. The maximum absolute atomic E-state index is 11.6. The van der Waals surface area contributed by atoms with Gasteiger partial charge in [0.05, 0.1) is 5.92 Å². The van der Waals surface area contributed by atoms with E-state index >= 15 is 0 Å². The number of carboxylic acid groups (broad SMARTS) is 1. The number of carboxylic acids is 1. The maximum atomic E-state index is 11.6. The average Bonchev–Trinajstić information content (AvgIpc) is 2.73. The molecule has 0 amide bonds. The monoisotopic (exact) mass is 275 g/mol. The molecule has 0 aromatic heterocycles. The van der Waals surface area contributed by atoms with Crippen LogP contribution < -0.4 is 0 Å². The van der Waals surface area contributed by atoms with Crippen LogP contribution in [-0.4, -0.2) is 34.6 Å². The van der Waals surface area contributed by atoms with Gasteiger partial charge in [-0.1, -0.05) is 23.8 Å². The van der Waals surface area contributed by atoms with E-state index in [0.717, 1.165) is 6.54 Å². The summed E-state index contributed by atoms with van der Waals surface area (Å²) in [6.45, 7) is 12.1. The zero-order chi connectivity index (χ0) is 15.1. The van der Waals surface area contributed by atoms with E-state index in [-0.39, 0.29) is 17.4 Å². The van der Waals surface area contributed by atoms with Gasteiger partial charge in [-0.25, -0.2) is 0 Å². The number of hydrogen-bond donors (Lipinski definition) is 1. The molecule has 1 aromatic carbocycles. The third-order valence-electron chi connectivity index (χ3n) is 4.41. The molecule has 1 fully saturated rings. The summed E-state index contributed by atoms with van der Waals surface area (Å²) in [4.78, 5) is 13.9. The molecule has 1 aliphatic rings. The highest BCUT2D eigenvalue weighted by atomic mass is 16.4. The minimum absolute atomic E-state index is 0.0149. The van der Waals surface area contributed by atoms with E-state index in [0.29, 0.717) is 6.54 Å². The summed E-state index contributed by atoms with van der Waals surface area (Å²) >= 11 is 0. The van der Waals surface area contributed by atoms with E-state index in [1.165, 1.54) is 16.7 Å². The van der Waals surface area contributed by atoms with Crippen LogP contribution in [-0.2, 0) is 4.79 Å². The van der Waals surface area contributed by atoms with Crippen molar-refractivity contribution >= 4 is 5.97 Å². The second-order valence-corrected chi connectivity index (χ2v) is 6.99. The third kappa shape index (κ3) is 2.88. The smallest absolute Gasteiger partial charge is 0.308 e. The molecule has 0 radical (unpaired) electrons. The fourth-order valence-electron chi connectivity index (χ4n) is 3.16. The van der Waals surface area contributed by atoms with Gasteiger partial charge in [0, 0.05) is 24.5 Å². The van der Waals surface area contributed by atoms with Crippen molar-refractivity contribution in [1.29, 1.82) is 0 Å². The summed E-state index contributed by atoms with van der Waals surface area (Å²) in [7, 11) is 0. The van der Waals surface area contributed by atoms with Crippen molar-refractivity contribution in [3.05, 3.63) is 34.9 Å². The number of aliphatic carboxylic acids is 1. The van der Waals surface area contributed by atoms with E-state index in [4.69, 9.17) is 0 Å². The van der Waals surface area contributed by atoms with Crippen molar-refractivity contribution in [2.45, 2.75) is 46.1 Å². The Morgan fingerprint density at radius 1 is 1.25 bits per heavy atom. The molecule has 1 aliphatic heterocycles. The number of rotatable bonds is 2. The van der Waals surface area contributed by atoms with Gasteiger partial charge in [0.2, 0.25) is 0 Å². The first kappa shape index (κ1) is 15.0. The quantitative estimate of drug-likeness (QED) is 0.901. The Balaban J connectivity index is 2.35. The van der Waals surface area contributed by atoms with Gasteiger partial charge >= 0.3 is 5.97 Å². The lowest BCUT2D eigenvalue weighted by Gasteiger charge is -2.31. The van der Waals surface area contributed by atoms with Crippen molar-refractivity contribution < 1.29 is 9.90 Å². The highest BCUT2D eigenvalue weighted by Gasteiger charge is 2.42. The topological polar surface area (TPSA) is 40.5 Å². The van der Waals surface area contributed by atoms with E-state index in [9.17, 15) is 9.90 Å². The molecule has 0 bridgehead atoms. The van der Waals surface area contributed by atoms with Crippen LogP contribution in [0.25, 0.3) is 0 Å². The Kier molecular flexibility index (Phi) is 3.92. The number of hydrogen-bond acceptors (Lipinski definition) is 2. The van der Waals surface area contributed by atoms with E-state index in [2.05, 4.69) is 57.7 Å². The van der Waals surface area contributed by atoms with Crippen LogP contribution >= 0.6 is 0 Å². The minimum Gasteiger partial charge on any atom is -0.481 e. The van der Waals surface area contributed by atoms with Gasteiger partial charge in [0.25, 0.3) is 0 Å². The summed E-state index contributed by atoms with van der Waals surface area (Å²) in [5.74, 6) is -0.898. The molecule has 1 aromatic rings. The molecule has 3 heteroatoms. The zero-order valence-electron chi connectivity index (χ0n) is 13.1. The largest absolute Gasteiger partial charge is 0.481 e. The SMILES string of the molecule is Cc1ccc([C@H]2CN(C(C)(C)C)C[C@@H]2C(=O)O)c(C)c1. The molecule has 0 unspecified atom stereocenters. The first-order chi connectivity index (χ1) is 9.20. The van der Waals surface area contributed by atoms with Crippen molar-refractivity contribution in [2.24, 2.45) is 5.92 Å². The Morgan fingerprint density at radius 2 is 1.90 bits per heavy atom. The highest BCUT2D eigenvalue weighted by Crippen LogP contribution is 2.37. The summed E-state index contributed by atoms with van der Waals surface area (Å²) in [5.41, 5.74) is 3.64.